The topological polar surface area (TPSA) is 93.7 Å². The summed E-state index contributed by atoms with van der Waals surface area (Å²) < 4.78 is 38.2. The van der Waals surface area contributed by atoms with Crippen LogP contribution in [-0.2, 0) is 14.8 Å². The largest absolute Gasteiger partial charge is 0.495 e. The number of sulfonamides is 1. The number of rotatable bonds is 8. The lowest BCUT2D eigenvalue weighted by atomic mass is 10.2. The quantitative estimate of drug-likeness (QED) is 0.720. The molecular formula is C19H24N2O5S. The standard InChI is InChI=1S/C19H24N2O5S/c1-5-26-16-9-7-15(8-10-16)20-19(22)14(3)21-27(23,24)18-12-13(2)6-11-17(18)25-4/h6-12,14,21H,5H2,1-4H3,(H,20,22)/t14-/m1/s1. The highest BCUT2D eigenvalue weighted by Crippen LogP contribution is 2.25. The van der Waals surface area contributed by atoms with Crippen molar-refractivity contribution in [1.82, 2.24) is 4.72 Å². The zero-order valence-corrected chi connectivity index (χ0v) is 16.6. The summed E-state index contributed by atoms with van der Waals surface area (Å²) in [5, 5.41) is 2.67. The van der Waals surface area contributed by atoms with Gasteiger partial charge in [-0.1, -0.05) is 6.07 Å². The zero-order valence-electron chi connectivity index (χ0n) is 15.8. The van der Waals surface area contributed by atoms with Gasteiger partial charge < -0.3 is 14.8 Å². The van der Waals surface area contributed by atoms with Crippen molar-refractivity contribution >= 4 is 21.6 Å². The average Bonchev–Trinajstić information content (AvgIpc) is 2.63. The molecule has 2 aromatic carbocycles. The molecule has 1 atom stereocenters. The maximum Gasteiger partial charge on any atom is 0.244 e. The van der Waals surface area contributed by atoms with Gasteiger partial charge in [0.25, 0.3) is 0 Å². The summed E-state index contributed by atoms with van der Waals surface area (Å²) in [5.41, 5.74) is 1.31. The summed E-state index contributed by atoms with van der Waals surface area (Å²) >= 11 is 0. The molecule has 0 aromatic heterocycles. The lowest BCUT2D eigenvalue weighted by Gasteiger charge is -2.16. The van der Waals surface area contributed by atoms with Gasteiger partial charge in [0.05, 0.1) is 19.8 Å². The number of anilines is 1. The molecule has 0 unspecified atom stereocenters. The first kappa shape index (κ1) is 20.7. The Morgan fingerprint density at radius 3 is 2.41 bits per heavy atom. The monoisotopic (exact) mass is 392 g/mol. The molecule has 0 saturated heterocycles. The van der Waals surface area contributed by atoms with E-state index in [9.17, 15) is 13.2 Å². The van der Waals surface area contributed by atoms with Gasteiger partial charge >= 0.3 is 0 Å². The van der Waals surface area contributed by atoms with E-state index in [2.05, 4.69) is 10.0 Å². The molecule has 1 amide bonds. The summed E-state index contributed by atoms with van der Waals surface area (Å²) in [6.07, 6.45) is 0. The van der Waals surface area contributed by atoms with Crippen LogP contribution in [0, 0.1) is 6.92 Å². The summed E-state index contributed by atoms with van der Waals surface area (Å²) in [6, 6.07) is 10.7. The first-order valence-corrected chi connectivity index (χ1v) is 9.96. The van der Waals surface area contributed by atoms with Crippen molar-refractivity contribution < 1.29 is 22.7 Å². The lowest BCUT2D eigenvalue weighted by molar-refractivity contribution is -0.117. The second kappa shape index (κ2) is 8.88. The zero-order chi connectivity index (χ0) is 20.0. The molecule has 0 heterocycles. The molecule has 2 rings (SSSR count). The molecule has 0 bridgehead atoms. The molecule has 0 aliphatic heterocycles. The highest BCUT2D eigenvalue weighted by molar-refractivity contribution is 7.89. The summed E-state index contributed by atoms with van der Waals surface area (Å²) in [5.74, 6) is 0.428. The van der Waals surface area contributed by atoms with Crippen LogP contribution in [0.4, 0.5) is 5.69 Å². The molecule has 2 N–H and O–H groups in total. The number of nitrogens with one attached hydrogen (secondary N) is 2. The molecular weight excluding hydrogens is 368 g/mol. The van der Waals surface area contributed by atoms with Crippen molar-refractivity contribution in [2.75, 3.05) is 19.0 Å². The van der Waals surface area contributed by atoms with Crippen LogP contribution < -0.4 is 19.5 Å². The second-order valence-corrected chi connectivity index (χ2v) is 7.63. The number of benzene rings is 2. The van der Waals surface area contributed by atoms with E-state index in [0.717, 1.165) is 5.56 Å². The van der Waals surface area contributed by atoms with Crippen molar-refractivity contribution in [2.24, 2.45) is 0 Å². The Morgan fingerprint density at radius 2 is 1.81 bits per heavy atom. The summed E-state index contributed by atoms with van der Waals surface area (Å²) in [7, 11) is -2.54. The van der Waals surface area contributed by atoms with Crippen LogP contribution >= 0.6 is 0 Å². The fourth-order valence-electron chi connectivity index (χ4n) is 2.40. The van der Waals surface area contributed by atoms with Gasteiger partial charge in [-0.25, -0.2) is 8.42 Å². The van der Waals surface area contributed by atoms with Crippen LogP contribution in [0.3, 0.4) is 0 Å². The van der Waals surface area contributed by atoms with E-state index in [4.69, 9.17) is 9.47 Å². The number of ether oxygens (including phenoxy) is 2. The van der Waals surface area contributed by atoms with Crippen LogP contribution in [0.1, 0.15) is 19.4 Å². The summed E-state index contributed by atoms with van der Waals surface area (Å²) in [6.45, 7) is 5.68. The van der Waals surface area contributed by atoms with Crippen molar-refractivity contribution in [3.05, 3.63) is 48.0 Å². The minimum atomic E-state index is -3.93. The van der Waals surface area contributed by atoms with E-state index < -0.39 is 22.0 Å². The molecule has 0 spiro atoms. The Kier molecular flexibility index (Phi) is 6.81. The molecule has 8 heteroatoms. The Morgan fingerprint density at radius 1 is 1.15 bits per heavy atom. The van der Waals surface area contributed by atoms with Gasteiger partial charge in [0.2, 0.25) is 15.9 Å². The van der Waals surface area contributed by atoms with Crippen LogP contribution in [0.2, 0.25) is 0 Å². The van der Waals surface area contributed by atoms with Gasteiger partial charge in [-0.2, -0.15) is 4.72 Å². The highest BCUT2D eigenvalue weighted by Gasteiger charge is 2.25. The molecule has 146 valence electrons. The van der Waals surface area contributed by atoms with Gasteiger partial charge in [0.1, 0.15) is 16.4 Å². The highest BCUT2D eigenvalue weighted by atomic mass is 32.2. The van der Waals surface area contributed by atoms with Crippen LogP contribution in [-0.4, -0.2) is 34.1 Å². The predicted octanol–water partition coefficient (Wildman–Crippen LogP) is 2.71. The second-order valence-electron chi connectivity index (χ2n) is 5.94. The predicted molar refractivity (Wildman–Crippen MR) is 104 cm³/mol. The number of aryl methyl sites for hydroxylation is 1. The Balaban J connectivity index is 2.10. The molecule has 0 aliphatic carbocycles. The minimum Gasteiger partial charge on any atom is -0.495 e. The molecule has 0 radical (unpaired) electrons. The van der Waals surface area contributed by atoms with Gasteiger partial charge in [0, 0.05) is 5.69 Å². The van der Waals surface area contributed by atoms with E-state index in [1.807, 2.05) is 6.92 Å². The van der Waals surface area contributed by atoms with Crippen LogP contribution in [0.25, 0.3) is 0 Å². The average molecular weight is 392 g/mol. The van der Waals surface area contributed by atoms with Gasteiger partial charge in [-0.3, -0.25) is 4.79 Å². The van der Waals surface area contributed by atoms with Gasteiger partial charge in [-0.05, 0) is 62.7 Å². The molecule has 7 nitrogen and oxygen atoms in total. The Hall–Kier alpha value is -2.58. The van der Waals surface area contributed by atoms with Crippen LogP contribution in [0.5, 0.6) is 11.5 Å². The van der Waals surface area contributed by atoms with Gasteiger partial charge in [-0.15, -0.1) is 0 Å². The maximum absolute atomic E-state index is 12.7. The third-order valence-corrected chi connectivity index (χ3v) is 5.33. The molecule has 2 aromatic rings. The fraction of sp³-hybridized carbons (Fsp3) is 0.316. The normalized spacial score (nSPS) is 12.3. The number of carbonyl (C=O) groups excluding carboxylic acids is 1. The van der Waals surface area contributed by atoms with Crippen molar-refractivity contribution in [1.29, 1.82) is 0 Å². The van der Waals surface area contributed by atoms with E-state index >= 15 is 0 Å². The Bertz CT molecular complexity index is 895. The summed E-state index contributed by atoms with van der Waals surface area (Å²) in [4.78, 5) is 12.3. The third kappa shape index (κ3) is 5.45. The Labute approximate surface area is 159 Å². The van der Waals surface area contributed by atoms with E-state index in [1.54, 1.807) is 43.3 Å². The molecule has 0 saturated carbocycles. The fourth-order valence-corrected chi connectivity index (χ4v) is 3.85. The molecule has 0 aliphatic rings. The smallest absolute Gasteiger partial charge is 0.244 e. The van der Waals surface area contributed by atoms with E-state index in [0.29, 0.717) is 18.0 Å². The van der Waals surface area contributed by atoms with Gasteiger partial charge in [0.15, 0.2) is 0 Å². The lowest BCUT2D eigenvalue weighted by Crippen LogP contribution is -2.41. The number of hydrogen-bond acceptors (Lipinski definition) is 5. The minimum absolute atomic E-state index is 0.00860. The van der Waals surface area contributed by atoms with Crippen molar-refractivity contribution in [3.63, 3.8) is 0 Å². The maximum atomic E-state index is 12.7. The van der Waals surface area contributed by atoms with E-state index in [-0.39, 0.29) is 10.6 Å². The third-order valence-electron chi connectivity index (χ3n) is 3.77. The van der Waals surface area contributed by atoms with Crippen molar-refractivity contribution in [3.8, 4) is 11.5 Å². The number of amides is 1. The number of hydrogen-bond donors (Lipinski definition) is 2. The molecule has 27 heavy (non-hydrogen) atoms. The SMILES string of the molecule is CCOc1ccc(NC(=O)[C@@H](C)NS(=O)(=O)c2cc(C)ccc2OC)cc1. The van der Waals surface area contributed by atoms with E-state index in [1.165, 1.54) is 20.1 Å². The molecule has 0 fully saturated rings. The van der Waals surface area contributed by atoms with Crippen molar-refractivity contribution in [2.45, 2.75) is 31.7 Å². The van der Waals surface area contributed by atoms with Crippen LogP contribution in [0.15, 0.2) is 47.4 Å². The number of carbonyl (C=O) groups is 1. The number of methoxy groups -OCH3 is 1. The first-order chi connectivity index (χ1) is 12.8. The first-order valence-electron chi connectivity index (χ1n) is 8.47.